The van der Waals surface area contributed by atoms with E-state index in [1.54, 1.807) is 0 Å². The SMILES string of the molecule is O[C@@H](COCC[C@H]1C[C@@H]2CC[C@@H]1C2)CN1CCC(Cc2ccccc2)CC1. The van der Waals surface area contributed by atoms with Gasteiger partial charge in [0, 0.05) is 13.2 Å². The Morgan fingerprint density at radius 3 is 2.56 bits per heavy atom. The summed E-state index contributed by atoms with van der Waals surface area (Å²) in [4.78, 5) is 2.42. The fourth-order valence-electron chi connectivity index (χ4n) is 5.86. The van der Waals surface area contributed by atoms with Gasteiger partial charge in [0.05, 0.1) is 12.7 Å². The van der Waals surface area contributed by atoms with E-state index in [9.17, 15) is 5.11 Å². The minimum absolute atomic E-state index is 0.337. The van der Waals surface area contributed by atoms with Crippen LogP contribution in [0.3, 0.4) is 0 Å². The molecule has 2 aliphatic carbocycles. The van der Waals surface area contributed by atoms with Gasteiger partial charge >= 0.3 is 0 Å². The first kappa shape index (κ1) is 19.4. The van der Waals surface area contributed by atoms with E-state index < -0.39 is 0 Å². The highest BCUT2D eigenvalue weighted by Crippen LogP contribution is 2.49. The standard InChI is InChI=1S/C24H37NO2/c26-24(18-27-13-10-23-16-21-6-7-22(23)15-21)17-25-11-8-20(9-12-25)14-19-4-2-1-3-5-19/h1-5,20-24,26H,6-18H2/t21-,22-,23+,24-/m1/s1. The van der Waals surface area contributed by atoms with Crippen molar-refractivity contribution in [1.82, 2.24) is 4.90 Å². The van der Waals surface area contributed by atoms with Gasteiger partial charge in [-0.2, -0.15) is 0 Å². The van der Waals surface area contributed by atoms with Crippen LogP contribution in [0, 0.1) is 23.7 Å². The summed E-state index contributed by atoms with van der Waals surface area (Å²) in [6.07, 6.45) is 10.4. The molecule has 1 N–H and O–H groups in total. The molecule has 3 nitrogen and oxygen atoms in total. The van der Waals surface area contributed by atoms with Crippen molar-refractivity contribution in [2.75, 3.05) is 32.8 Å². The maximum Gasteiger partial charge on any atom is 0.0900 e. The average Bonchev–Trinajstić information content (AvgIpc) is 3.31. The summed E-state index contributed by atoms with van der Waals surface area (Å²) in [6.45, 7) is 4.33. The van der Waals surface area contributed by atoms with Crippen LogP contribution in [0.4, 0.5) is 0 Å². The van der Waals surface area contributed by atoms with Gasteiger partial charge in [-0.25, -0.2) is 0 Å². The first-order valence-corrected chi connectivity index (χ1v) is 11.3. The molecule has 1 heterocycles. The minimum Gasteiger partial charge on any atom is -0.389 e. The number of hydrogen-bond donors (Lipinski definition) is 1. The number of hydrogen-bond acceptors (Lipinski definition) is 3. The molecule has 1 aliphatic heterocycles. The highest BCUT2D eigenvalue weighted by Gasteiger charge is 2.38. The number of rotatable bonds is 9. The van der Waals surface area contributed by atoms with Gasteiger partial charge in [0.1, 0.15) is 0 Å². The van der Waals surface area contributed by atoms with E-state index in [2.05, 4.69) is 35.2 Å². The molecule has 3 aliphatic rings. The largest absolute Gasteiger partial charge is 0.389 e. The van der Waals surface area contributed by atoms with E-state index in [1.165, 1.54) is 56.9 Å². The fraction of sp³-hybridized carbons (Fsp3) is 0.750. The number of nitrogens with zero attached hydrogens (tertiary/aromatic N) is 1. The molecule has 0 radical (unpaired) electrons. The second kappa shape index (κ2) is 9.54. The summed E-state index contributed by atoms with van der Waals surface area (Å²) in [6, 6.07) is 10.8. The zero-order valence-electron chi connectivity index (χ0n) is 16.8. The molecule has 0 amide bonds. The monoisotopic (exact) mass is 371 g/mol. The number of benzene rings is 1. The van der Waals surface area contributed by atoms with Gasteiger partial charge in [-0.1, -0.05) is 36.8 Å². The molecule has 4 rings (SSSR count). The molecule has 4 atom stereocenters. The van der Waals surface area contributed by atoms with E-state index in [-0.39, 0.29) is 6.10 Å². The summed E-state index contributed by atoms with van der Waals surface area (Å²) in [5, 5.41) is 10.3. The lowest BCUT2D eigenvalue weighted by Gasteiger charge is -2.33. The molecule has 2 bridgehead atoms. The normalized spacial score (nSPS) is 30.0. The lowest BCUT2D eigenvalue weighted by Crippen LogP contribution is -2.40. The maximum atomic E-state index is 10.3. The molecule has 27 heavy (non-hydrogen) atoms. The highest BCUT2D eigenvalue weighted by atomic mass is 16.5. The van der Waals surface area contributed by atoms with Crippen molar-refractivity contribution >= 4 is 0 Å². The van der Waals surface area contributed by atoms with Gasteiger partial charge < -0.3 is 14.7 Å². The highest BCUT2D eigenvalue weighted by molar-refractivity contribution is 5.15. The van der Waals surface area contributed by atoms with E-state index in [0.717, 1.165) is 49.9 Å². The molecule has 2 saturated carbocycles. The van der Waals surface area contributed by atoms with E-state index in [4.69, 9.17) is 4.74 Å². The Morgan fingerprint density at radius 2 is 1.85 bits per heavy atom. The Labute approximate surface area is 165 Å². The number of aliphatic hydroxyl groups excluding tert-OH is 1. The third-order valence-corrected chi connectivity index (χ3v) is 7.37. The van der Waals surface area contributed by atoms with Crippen molar-refractivity contribution in [3.63, 3.8) is 0 Å². The van der Waals surface area contributed by atoms with Crippen LogP contribution in [0.15, 0.2) is 30.3 Å². The summed E-state index contributed by atoms with van der Waals surface area (Å²) < 4.78 is 5.83. The number of fused-ring (bicyclic) bond motifs is 2. The molecule has 0 spiro atoms. The molecule has 150 valence electrons. The number of likely N-dealkylation sites (tertiary alicyclic amines) is 1. The molecule has 3 heteroatoms. The van der Waals surface area contributed by atoms with Crippen molar-refractivity contribution in [3.05, 3.63) is 35.9 Å². The number of aliphatic hydroxyl groups is 1. The molecule has 3 fully saturated rings. The third-order valence-electron chi connectivity index (χ3n) is 7.37. The van der Waals surface area contributed by atoms with Crippen molar-refractivity contribution in [3.8, 4) is 0 Å². The fourth-order valence-corrected chi connectivity index (χ4v) is 5.86. The van der Waals surface area contributed by atoms with Gasteiger partial charge in [-0.15, -0.1) is 0 Å². The van der Waals surface area contributed by atoms with Gasteiger partial charge in [0.2, 0.25) is 0 Å². The molecule has 1 saturated heterocycles. The Bertz CT molecular complexity index is 555. The third kappa shape index (κ3) is 5.56. The topological polar surface area (TPSA) is 32.7 Å². The van der Waals surface area contributed by atoms with E-state index >= 15 is 0 Å². The number of ether oxygens (including phenoxy) is 1. The van der Waals surface area contributed by atoms with Crippen molar-refractivity contribution in [1.29, 1.82) is 0 Å². The summed E-state index contributed by atoms with van der Waals surface area (Å²) in [7, 11) is 0. The quantitative estimate of drug-likeness (QED) is 0.662. The number of β-amino-alcohol motifs (C(OH)–C–C–N with tert-alkyl or cyclic N) is 1. The smallest absolute Gasteiger partial charge is 0.0900 e. The van der Waals surface area contributed by atoms with Gasteiger partial charge in [0.15, 0.2) is 0 Å². The molecular formula is C24H37NO2. The maximum absolute atomic E-state index is 10.3. The average molecular weight is 372 g/mol. The Hall–Kier alpha value is -0.900. The van der Waals surface area contributed by atoms with Crippen LogP contribution >= 0.6 is 0 Å². The molecular weight excluding hydrogens is 334 g/mol. The summed E-state index contributed by atoms with van der Waals surface area (Å²) in [5.74, 6) is 3.71. The van der Waals surface area contributed by atoms with Crippen LogP contribution in [0.2, 0.25) is 0 Å². The first-order valence-electron chi connectivity index (χ1n) is 11.3. The van der Waals surface area contributed by atoms with Gasteiger partial charge in [-0.05, 0) is 87.3 Å². The van der Waals surface area contributed by atoms with Crippen molar-refractivity contribution in [2.45, 2.75) is 57.5 Å². The van der Waals surface area contributed by atoms with Crippen LogP contribution < -0.4 is 0 Å². The van der Waals surface area contributed by atoms with Crippen LogP contribution in [-0.4, -0.2) is 49.0 Å². The Kier molecular flexibility index (Phi) is 6.86. The van der Waals surface area contributed by atoms with Crippen LogP contribution in [0.25, 0.3) is 0 Å². The van der Waals surface area contributed by atoms with E-state index in [0.29, 0.717) is 6.61 Å². The lowest BCUT2D eigenvalue weighted by atomic mass is 9.87. The van der Waals surface area contributed by atoms with Crippen molar-refractivity contribution in [2.24, 2.45) is 23.7 Å². The zero-order chi connectivity index (χ0) is 18.5. The first-order chi connectivity index (χ1) is 13.3. The molecule has 1 aromatic carbocycles. The second-order valence-corrected chi connectivity index (χ2v) is 9.39. The van der Waals surface area contributed by atoms with Gasteiger partial charge in [-0.3, -0.25) is 0 Å². The predicted molar refractivity (Wildman–Crippen MR) is 110 cm³/mol. The van der Waals surface area contributed by atoms with Crippen LogP contribution in [0.5, 0.6) is 0 Å². The predicted octanol–water partition coefficient (Wildman–Crippen LogP) is 4.14. The van der Waals surface area contributed by atoms with Crippen LogP contribution in [-0.2, 0) is 11.2 Å². The molecule has 0 unspecified atom stereocenters. The van der Waals surface area contributed by atoms with E-state index in [1.807, 2.05) is 0 Å². The van der Waals surface area contributed by atoms with Crippen molar-refractivity contribution < 1.29 is 9.84 Å². The van der Waals surface area contributed by atoms with Gasteiger partial charge in [0.25, 0.3) is 0 Å². The van der Waals surface area contributed by atoms with Crippen LogP contribution in [0.1, 0.15) is 50.5 Å². The summed E-state index contributed by atoms with van der Waals surface area (Å²) >= 11 is 0. The number of piperidine rings is 1. The second-order valence-electron chi connectivity index (χ2n) is 9.39. The molecule has 0 aromatic heterocycles. The molecule has 1 aromatic rings. The minimum atomic E-state index is -0.337. The lowest BCUT2D eigenvalue weighted by molar-refractivity contribution is 0.00547. The Balaban J connectivity index is 1.06. The zero-order valence-corrected chi connectivity index (χ0v) is 16.8. The Morgan fingerprint density at radius 1 is 1.04 bits per heavy atom. The summed E-state index contributed by atoms with van der Waals surface area (Å²) in [5.41, 5.74) is 1.46.